The van der Waals surface area contributed by atoms with Gasteiger partial charge in [0.1, 0.15) is 0 Å². The van der Waals surface area contributed by atoms with Gasteiger partial charge in [-0.2, -0.15) is 10.2 Å². The Bertz CT molecular complexity index is 1260. The Kier molecular flexibility index (Phi) is 10.2. The first kappa shape index (κ1) is 27.3. The first-order valence-electron chi connectivity index (χ1n) is 10.6. The summed E-state index contributed by atoms with van der Waals surface area (Å²) in [5.74, 6) is 0. The molecule has 0 radical (unpaired) electrons. The van der Waals surface area contributed by atoms with Crippen molar-refractivity contribution in [1.82, 2.24) is 29.5 Å². The summed E-state index contributed by atoms with van der Waals surface area (Å²) in [5, 5.41) is 15.1. The summed E-state index contributed by atoms with van der Waals surface area (Å²) in [5.41, 5.74) is 7.45. The second-order valence-electron chi connectivity index (χ2n) is 7.40. The molecule has 176 valence electrons. The number of aromatic nitrogens is 6. The molecule has 0 fully saturated rings. The summed E-state index contributed by atoms with van der Waals surface area (Å²) in [7, 11) is 0. The minimum atomic E-state index is 0. The van der Waals surface area contributed by atoms with Crippen molar-refractivity contribution in [1.29, 1.82) is 5.26 Å². The van der Waals surface area contributed by atoms with Gasteiger partial charge in [0.05, 0.1) is 11.4 Å². The van der Waals surface area contributed by atoms with Gasteiger partial charge < -0.3 is 21.8 Å². The minimum Gasteiger partial charge on any atom is -0.512 e. The summed E-state index contributed by atoms with van der Waals surface area (Å²) < 4.78 is 3.61. The number of hydrogen-bond acceptors (Lipinski definition) is 5. The van der Waals surface area contributed by atoms with Crippen LogP contribution >= 0.6 is 0 Å². The fraction of sp³-hybridized carbons (Fsp3) is 0.148. The van der Waals surface area contributed by atoms with Crippen LogP contribution in [-0.4, -0.2) is 29.5 Å². The zero-order valence-electron chi connectivity index (χ0n) is 19.9. The molecule has 5 rings (SSSR count). The Morgan fingerprint density at radius 3 is 1.77 bits per heavy atom. The second kappa shape index (κ2) is 13.1. The standard InChI is InChI=1S/C15H16N5.C11H8N.CN.Ir/c1-10-5-7-19(17-10)14-9-15(13(4)16-12(14)3)20-8-6-11(2)18-20;1-2-6-10(7-3-1)11-8-4-5-9-12-11;1-2;/h5-8H,1-4H3;1-6,8-9H;;/q3*-1;+3. The maximum absolute atomic E-state index is 6.25. The van der Waals surface area contributed by atoms with Crippen LogP contribution in [0.15, 0.2) is 73.2 Å². The molecule has 0 aliphatic heterocycles. The molecule has 4 heterocycles. The third-order valence-electron chi connectivity index (χ3n) is 4.81. The van der Waals surface area contributed by atoms with Crippen LogP contribution < -0.4 is 0 Å². The molecule has 4 aromatic heterocycles. The van der Waals surface area contributed by atoms with Crippen molar-refractivity contribution in [2.24, 2.45) is 0 Å². The van der Waals surface area contributed by atoms with Gasteiger partial charge in [-0.15, -0.1) is 42.0 Å². The summed E-state index contributed by atoms with van der Waals surface area (Å²) in [6.45, 7) is 12.6. The van der Waals surface area contributed by atoms with Gasteiger partial charge in [-0.25, -0.2) is 0 Å². The van der Waals surface area contributed by atoms with E-state index in [0.717, 1.165) is 45.4 Å². The number of hydrogen-bond donors (Lipinski definition) is 0. The normalized spacial score (nSPS) is 9.66. The van der Waals surface area contributed by atoms with E-state index in [1.165, 1.54) is 0 Å². The Labute approximate surface area is 219 Å². The molecule has 0 unspecified atom stereocenters. The largest absolute Gasteiger partial charge is 3.00 e. The smallest absolute Gasteiger partial charge is 0.512 e. The Morgan fingerprint density at radius 2 is 1.34 bits per heavy atom. The van der Waals surface area contributed by atoms with E-state index in [9.17, 15) is 0 Å². The molecule has 8 heteroatoms. The van der Waals surface area contributed by atoms with Gasteiger partial charge in [0.15, 0.2) is 0 Å². The van der Waals surface area contributed by atoms with Gasteiger partial charge >= 0.3 is 20.1 Å². The molecule has 0 atom stereocenters. The monoisotopic (exact) mass is 639 g/mol. The SMILES string of the molecule is Cc1ccn(-c2[c-]c(-n3ccc(C)n3)c(C)nc2C)n1.[C-]#N.[Ir+3].[c-]1ccccc1-c1ccccn1. The molecule has 0 saturated heterocycles. The number of rotatable bonds is 3. The molecule has 0 aliphatic rings. The molecule has 0 amide bonds. The summed E-state index contributed by atoms with van der Waals surface area (Å²) in [6, 6.07) is 24.1. The first-order valence-corrected chi connectivity index (χ1v) is 10.6. The summed E-state index contributed by atoms with van der Waals surface area (Å²) in [6.07, 6.45) is 5.63. The fourth-order valence-corrected chi connectivity index (χ4v) is 3.25. The topological polar surface area (TPSA) is 85.2 Å². The molecule has 1 aromatic carbocycles. The van der Waals surface area contributed by atoms with Crippen molar-refractivity contribution >= 4 is 0 Å². The molecule has 35 heavy (non-hydrogen) atoms. The van der Waals surface area contributed by atoms with Gasteiger partial charge in [0.25, 0.3) is 0 Å². The molecule has 0 bridgehead atoms. The van der Waals surface area contributed by atoms with E-state index in [1.54, 1.807) is 15.6 Å². The molecule has 0 spiro atoms. The minimum absolute atomic E-state index is 0. The molecule has 0 saturated carbocycles. The van der Waals surface area contributed by atoms with E-state index in [1.807, 2.05) is 94.7 Å². The molecule has 0 N–H and O–H groups in total. The van der Waals surface area contributed by atoms with E-state index in [4.69, 9.17) is 11.8 Å². The predicted octanol–water partition coefficient (Wildman–Crippen LogP) is 5.13. The van der Waals surface area contributed by atoms with E-state index in [0.29, 0.717) is 0 Å². The van der Waals surface area contributed by atoms with Gasteiger partial charge in [-0.3, -0.25) is 9.36 Å². The Balaban J connectivity index is 0.000000247. The average molecular weight is 639 g/mol. The predicted molar refractivity (Wildman–Crippen MR) is 130 cm³/mol. The number of nitrogens with zero attached hydrogens (tertiary/aromatic N) is 7. The van der Waals surface area contributed by atoms with Crippen LogP contribution in [0.2, 0.25) is 0 Å². The zero-order valence-corrected chi connectivity index (χ0v) is 22.3. The van der Waals surface area contributed by atoms with Crippen molar-refractivity contribution in [2.75, 3.05) is 0 Å². The van der Waals surface area contributed by atoms with Crippen LogP contribution in [0.5, 0.6) is 0 Å². The Hall–Kier alpha value is -3.92. The second-order valence-corrected chi connectivity index (χ2v) is 7.40. The van der Waals surface area contributed by atoms with Crippen molar-refractivity contribution < 1.29 is 20.1 Å². The number of benzene rings is 1. The van der Waals surface area contributed by atoms with E-state index < -0.39 is 0 Å². The maximum atomic E-state index is 6.25. The van der Waals surface area contributed by atoms with Gasteiger partial charge in [-0.05, 0) is 60.5 Å². The van der Waals surface area contributed by atoms with Crippen LogP contribution in [-0.2, 0) is 20.1 Å². The van der Waals surface area contributed by atoms with Gasteiger partial charge in [0.2, 0.25) is 0 Å². The first-order chi connectivity index (χ1) is 16.5. The van der Waals surface area contributed by atoms with Crippen LogP contribution in [0.1, 0.15) is 22.8 Å². The third kappa shape index (κ3) is 7.03. The third-order valence-corrected chi connectivity index (χ3v) is 4.81. The van der Waals surface area contributed by atoms with Crippen molar-refractivity contribution in [3.63, 3.8) is 0 Å². The molecule has 0 aliphatic carbocycles. The molecular weight excluding hydrogens is 615 g/mol. The molecular formula is C27H24IrN7. The number of pyridine rings is 2. The number of aryl methyl sites for hydroxylation is 4. The van der Waals surface area contributed by atoms with Gasteiger partial charge in [0, 0.05) is 18.6 Å². The van der Waals surface area contributed by atoms with Crippen molar-refractivity contribution in [2.45, 2.75) is 27.7 Å². The van der Waals surface area contributed by atoms with E-state index >= 15 is 0 Å². The van der Waals surface area contributed by atoms with E-state index in [2.05, 4.69) is 32.3 Å². The maximum Gasteiger partial charge on any atom is 3.00 e. The summed E-state index contributed by atoms with van der Waals surface area (Å²) >= 11 is 0. The van der Waals surface area contributed by atoms with Crippen molar-refractivity contribution in [3.05, 3.63) is 115 Å². The van der Waals surface area contributed by atoms with Crippen LogP contribution in [0.25, 0.3) is 22.6 Å². The summed E-state index contributed by atoms with van der Waals surface area (Å²) in [4.78, 5) is 8.81. The van der Waals surface area contributed by atoms with E-state index in [-0.39, 0.29) is 20.1 Å². The zero-order chi connectivity index (χ0) is 24.5. The van der Waals surface area contributed by atoms with Crippen molar-refractivity contribution in [3.8, 4) is 22.6 Å². The average Bonchev–Trinajstić information content (AvgIpc) is 3.50. The molecule has 7 nitrogen and oxygen atoms in total. The Morgan fingerprint density at radius 1 is 0.771 bits per heavy atom. The van der Waals surface area contributed by atoms with Gasteiger partial charge in [-0.1, -0.05) is 26.0 Å². The fourth-order valence-electron chi connectivity index (χ4n) is 3.25. The molecule has 5 aromatic rings. The van der Waals surface area contributed by atoms with Crippen LogP contribution in [0, 0.1) is 51.7 Å². The van der Waals surface area contributed by atoms with Crippen LogP contribution in [0.4, 0.5) is 0 Å². The quantitative estimate of drug-likeness (QED) is 0.256. The van der Waals surface area contributed by atoms with Crippen LogP contribution in [0.3, 0.4) is 0 Å².